The quantitative estimate of drug-likeness (QED) is 0.679. The van der Waals surface area contributed by atoms with Crippen LogP contribution in [0.15, 0.2) is 33.7 Å². The van der Waals surface area contributed by atoms with E-state index in [2.05, 4.69) is 31.6 Å². The molecule has 0 bridgehead atoms. The summed E-state index contributed by atoms with van der Waals surface area (Å²) in [6.45, 7) is 0. The first kappa shape index (κ1) is 10.4. The molecule has 1 aromatic carbocycles. The molecule has 0 spiro atoms. The van der Waals surface area contributed by atoms with Crippen molar-refractivity contribution in [1.82, 2.24) is 10.6 Å². The normalized spacial score (nSPS) is 20.2. The molecule has 1 aliphatic rings. The Bertz CT molecular complexity index is 415. The Balaban J connectivity index is 2.27. The van der Waals surface area contributed by atoms with Gasteiger partial charge in [-0.1, -0.05) is 28.1 Å². The summed E-state index contributed by atoms with van der Waals surface area (Å²) in [5.74, 6) is 0.340. The van der Waals surface area contributed by atoms with Crippen LogP contribution < -0.4 is 16.4 Å². The second-order valence-corrected chi connectivity index (χ2v) is 4.39. The summed E-state index contributed by atoms with van der Waals surface area (Å²) in [4.78, 5) is 4.20. The molecule has 0 amide bonds. The number of aliphatic imine (C=N–C) groups is 1. The molecule has 1 aliphatic heterocycles. The summed E-state index contributed by atoms with van der Waals surface area (Å²) in [6.07, 6.45) is -0.202. The summed E-state index contributed by atoms with van der Waals surface area (Å²) < 4.78 is 1.03. The van der Waals surface area contributed by atoms with E-state index in [1.807, 2.05) is 24.3 Å². The summed E-state index contributed by atoms with van der Waals surface area (Å²) in [7, 11) is 0. The van der Waals surface area contributed by atoms with Crippen molar-refractivity contribution in [1.29, 1.82) is 0 Å². The van der Waals surface area contributed by atoms with Crippen LogP contribution in [-0.4, -0.2) is 11.1 Å². The molecule has 1 heterocycles. The molecule has 0 saturated heterocycles. The molecule has 0 radical (unpaired) electrons. The van der Waals surface area contributed by atoms with E-state index in [1.54, 1.807) is 0 Å². The molecular formula is C9H9BrN4S. The van der Waals surface area contributed by atoms with E-state index in [9.17, 15) is 0 Å². The monoisotopic (exact) mass is 284 g/mol. The van der Waals surface area contributed by atoms with Crippen molar-refractivity contribution in [2.45, 2.75) is 6.17 Å². The van der Waals surface area contributed by atoms with E-state index >= 15 is 0 Å². The Morgan fingerprint density at radius 1 is 1.33 bits per heavy atom. The third-order valence-corrected chi connectivity index (χ3v) is 2.71. The molecule has 0 fully saturated rings. The molecule has 0 aromatic heterocycles. The number of halogens is 1. The third kappa shape index (κ3) is 2.45. The van der Waals surface area contributed by atoms with Crippen LogP contribution in [0.3, 0.4) is 0 Å². The minimum absolute atomic E-state index is 0.202. The number of nitrogens with zero attached hydrogens (tertiary/aromatic N) is 1. The molecule has 1 atom stereocenters. The Labute approximate surface area is 101 Å². The fourth-order valence-electron chi connectivity index (χ4n) is 1.28. The first-order valence-corrected chi connectivity index (χ1v) is 5.51. The summed E-state index contributed by atoms with van der Waals surface area (Å²) >= 11 is 8.37. The van der Waals surface area contributed by atoms with Gasteiger partial charge >= 0.3 is 0 Å². The zero-order valence-corrected chi connectivity index (χ0v) is 10.1. The maximum absolute atomic E-state index is 5.58. The van der Waals surface area contributed by atoms with Crippen molar-refractivity contribution in [3.8, 4) is 0 Å². The fourth-order valence-corrected chi connectivity index (χ4v) is 1.76. The smallest absolute Gasteiger partial charge is 0.197 e. The van der Waals surface area contributed by atoms with Crippen molar-refractivity contribution in [2.24, 2.45) is 10.7 Å². The number of hydrogen-bond donors (Lipinski definition) is 3. The number of nitrogens with one attached hydrogen (secondary N) is 2. The molecule has 0 aliphatic carbocycles. The highest BCUT2D eigenvalue weighted by Crippen LogP contribution is 2.18. The highest BCUT2D eigenvalue weighted by Gasteiger charge is 2.16. The van der Waals surface area contributed by atoms with E-state index in [0.717, 1.165) is 10.0 Å². The van der Waals surface area contributed by atoms with Crippen molar-refractivity contribution in [3.05, 3.63) is 34.3 Å². The predicted octanol–water partition coefficient (Wildman–Crippen LogP) is 1.24. The Morgan fingerprint density at radius 2 is 2.00 bits per heavy atom. The maximum Gasteiger partial charge on any atom is 0.197 e. The van der Waals surface area contributed by atoms with Gasteiger partial charge in [0, 0.05) is 4.47 Å². The summed E-state index contributed by atoms with van der Waals surface area (Å²) in [5.41, 5.74) is 6.60. The number of nitrogens with two attached hydrogens (primary N) is 1. The summed E-state index contributed by atoms with van der Waals surface area (Å²) in [5, 5.41) is 6.24. The molecule has 6 heteroatoms. The predicted molar refractivity (Wildman–Crippen MR) is 67.4 cm³/mol. The number of benzene rings is 1. The van der Waals surface area contributed by atoms with E-state index in [4.69, 9.17) is 18.0 Å². The van der Waals surface area contributed by atoms with Gasteiger partial charge in [0.1, 0.15) is 6.17 Å². The van der Waals surface area contributed by atoms with Gasteiger partial charge in [-0.15, -0.1) is 0 Å². The molecule has 2 rings (SSSR count). The average Bonchev–Trinajstić information content (AvgIpc) is 2.17. The van der Waals surface area contributed by atoms with Crippen LogP contribution in [-0.2, 0) is 0 Å². The molecular weight excluding hydrogens is 276 g/mol. The topological polar surface area (TPSA) is 62.4 Å². The zero-order valence-electron chi connectivity index (χ0n) is 7.70. The largest absolute Gasteiger partial charge is 0.370 e. The van der Waals surface area contributed by atoms with Gasteiger partial charge in [0.05, 0.1) is 0 Å². The lowest BCUT2D eigenvalue weighted by Gasteiger charge is -2.23. The van der Waals surface area contributed by atoms with Crippen molar-refractivity contribution >= 4 is 39.2 Å². The van der Waals surface area contributed by atoms with Crippen molar-refractivity contribution in [3.63, 3.8) is 0 Å². The third-order valence-electron chi connectivity index (χ3n) is 1.96. The molecule has 0 unspecified atom stereocenters. The number of rotatable bonds is 1. The Kier molecular flexibility index (Phi) is 2.88. The first-order chi connectivity index (χ1) is 7.15. The van der Waals surface area contributed by atoms with Crippen LogP contribution in [0.2, 0.25) is 0 Å². The first-order valence-electron chi connectivity index (χ1n) is 4.31. The lowest BCUT2D eigenvalue weighted by atomic mass is 10.2. The SMILES string of the molecule is NC1=N[C@H](c2ccc(Br)cc2)NC(=S)N1. The second-order valence-electron chi connectivity index (χ2n) is 3.07. The molecule has 78 valence electrons. The van der Waals surface area contributed by atoms with Gasteiger partial charge in [-0.3, -0.25) is 0 Å². The van der Waals surface area contributed by atoms with Crippen molar-refractivity contribution in [2.75, 3.05) is 0 Å². The average molecular weight is 285 g/mol. The van der Waals surface area contributed by atoms with Crippen LogP contribution in [0.25, 0.3) is 0 Å². The number of hydrogen-bond acceptors (Lipinski definition) is 3. The minimum atomic E-state index is -0.202. The lowest BCUT2D eigenvalue weighted by Crippen LogP contribution is -2.49. The van der Waals surface area contributed by atoms with Crippen LogP contribution in [0.5, 0.6) is 0 Å². The van der Waals surface area contributed by atoms with Crippen LogP contribution >= 0.6 is 28.1 Å². The molecule has 0 saturated carbocycles. The van der Waals surface area contributed by atoms with Gasteiger partial charge in [0.15, 0.2) is 11.1 Å². The Morgan fingerprint density at radius 3 is 2.60 bits per heavy atom. The summed E-state index contributed by atoms with van der Waals surface area (Å²) in [6, 6.07) is 7.83. The van der Waals surface area contributed by atoms with Crippen LogP contribution in [0.4, 0.5) is 0 Å². The maximum atomic E-state index is 5.58. The van der Waals surface area contributed by atoms with E-state index in [0.29, 0.717) is 11.1 Å². The number of guanidine groups is 1. The molecule has 4 nitrogen and oxygen atoms in total. The minimum Gasteiger partial charge on any atom is -0.370 e. The van der Waals surface area contributed by atoms with Gasteiger partial charge < -0.3 is 16.4 Å². The van der Waals surface area contributed by atoms with Gasteiger partial charge in [0.2, 0.25) is 0 Å². The van der Waals surface area contributed by atoms with Gasteiger partial charge in [0.25, 0.3) is 0 Å². The number of thiocarbonyl (C=S) groups is 1. The molecule has 15 heavy (non-hydrogen) atoms. The fraction of sp³-hybridized carbons (Fsp3) is 0.111. The van der Waals surface area contributed by atoms with Crippen LogP contribution in [0, 0.1) is 0 Å². The second kappa shape index (κ2) is 4.16. The van der Waals surface area contributed by atoms with E-state index < -0.39 is 0 Å². The van der Waals surface area contributed by atoms with E-state index in [1.165, 1.54) is 0 Å². The van der Waals surface area contributed by atoms with Gasteiger partial charge in [-0.2, -0.15) is 0 Å². The Hall–Kier alpha value is -1.14. The standard InChI is InChI=1S/C9H9BrN4S/c10-6-3-1-5(2-4-6)7-12-8(11)14-9(15)13-7/h1-4,7H,(H4,11,12,13,14,15)/t7-/m0/s1. The van der Waals surface area contributed by atoms with Gasteiger partial charge in [-0.05, 0) is 29.9 Å². The highest BCUT2D eigenvalue weighted by molar-refractivity contribution is 9.10. The lowest BCUT2D eigenvalue weighted by molar-refractivity contribution is 0.660. The highest BCUT2D eigenvalue weighted by atomic mass is 79.9. The van der Waals surface area contributed by atoms with E-state index in [-0.39, 0.29) is 6.17 Å². The molecule has 4 N–H and O–H groups in total. The van der Waals surface area contributed by atoms with Gasteiger partial charge in [-0.25, -0.2) is 4.99 Å². The van der Waals surface area contributed by atoms with Crippen LogP contribution in [0.1, 0.15) is 11.7 Å². The molecule has 1 aromatic rings. The zero-order chi connectivity index (χ0) is 10.8. The van der Waals surface area contributed by atoms with Crippen molar-refractivity contribution < 1.29 is 0 Å².